The van der Waals surface area contributed by atoms with E-state index < -0.39 is 23.6 Å². The normalized spacial score (nSPS) is 16.9. The van der Waals surface area contributed by atoms with Gasteiger partial charge in [-0.2, -0.15) is 0 Å². The Morgan fingerprint density at radius 1 is 1.33 bits per heavy atom. The Hall–Kier alpha value is -1.40. The lowest BCUT2D eigenvalue weighted by molar-refractivity contribution is -0.137. The number of halogens is 5. The van der Waals surface area contributed by atoms with E-state index in [0.29, 0.717) is 14.1 Å². The van der Waals surface area contributed by atoms with Crippen LogP contribution in [0.5, 0.6) is 5.75 Å². The molecular formula is C13H11Cl2F3O3. The van der Waals surface area contributed by atoms with E-state index in [1.165, 1.54) is 12.1 Å². The molecule has 0 amide bonds. The first-order valence-electron chi connectivity index (χ1n) is 5.56. The van der Waals surface area contributed by atoms with Gasteiger partial charge < -0.3 is 9.84 Å². The van der Waals surface area contributed by atoms with Crippen molar-refractivity contribution in [2.75, 3.05) is 7.18 Å². The second kappa shape index (κ2) is 6.58. The van der Waals surface area contributed by atoms with Crippen LogP contribution in [0.1, 0.15) is 12.5 Å². The standard InChI is InChI=1S/C12H8Cl2F2O3.CH3F/c1-12(15,16)10-7(11(17)18)3-5-2-6(13)4-8(14)9(5)19-10;1-2/h2-4,10H,1H3,(H,17,18);1H3/t10-;/m0./s1. The van der Waals surface area contributed by atoms with Crippen LogP contribution >= 0.6 is 23.2 Å². The van der Waals surface area contributed by atoms with Crippen molar-refractivity contribution in [3.63, 3.8) is 0 Å². The molecule has 1 aromatic carbocycles. The molecule has 0 aliphatic carbocycles. The average molecular weight is 343 g/mol. The van der Waals surface area contributed by atoms with E-state index in [0.717, 1.165) is 6.08 Å². The van der Waals surface area contributed by atoms with E-state index in [4.69, 9.17) is 33.0 Å². The first kappa shape index (κ1) is 17.7. The molecule has 1 aliphatic rings. The van der Waals surface area contributed by atoms with Gasteiger partial charge in [0.25, 0.3) is 5.92 Å². The number of benzene rings is 1. The minimum Gasteiger partial charge on any atom is -0.478 e. The van der Waals surface area contributed by atoms with Crippen LogP contribution in [0.25, 0.3) is 6.08 Å². The smallest absolute Gasteiger partial charge is 0.335 e. The Morgan fingerprint density at radius 2 is 1.90 bits per heavy atom. The fourth-order valence-corrected chi connectivity index (χ4v) is 2.34. The summed E-state index contributed by atoms with van der Waals surface area (Å²) in [7, 11) is 0.500. The number of fused-ring (bicyclic) bond motifs is 1. The fourth-order valence-electron chi connectivity index (χ4n) is 1.79. The molecule has 0 saturated heterocycles. The molecule has 1 heterocycles. The molecular weight excluding hydrogens is 332 g/mol. The zero-order valence-electron chi connectivity index (χ0n) is 11.0. The monoisotopic (exact) mass is 342 g/mol. The summed E-state index contributed by atoms with van der Waals surface area (Å²) in [6, 6.07) is 2.74. The molecule has 1 N–H and O–H groups in total. The van der Waals surface area contributed by atoms with Crippen LogP contribution in [-0.4, -0.2) is 30.3 Å². The first-order chi connectivity index (χ1) is 9.70. The van der Waals surface area contributed by atoms with Crippen molar-refractivity contribution in [1.82, 2.24) is 0 Å². The number of carbonyl (C=O) groups is 1. The van der Waals surface area contributed by atoms with E-state index in [9.17, 15) is 18.0 Å². The Bertz CT molecular complexity index is 583. The summed E-state index contributed by atoms with van der Waals surface area (Å²) in [6.07, 6.45) is -0.794. The van der Waals surface area contributed by atoms with Crippen molar-refractivity contribution < 1.29 is 27.8 Å². The largest absolute Gasteiger partial charge is 0.478 e. The minimum atomic E-state index is -3.36. The minimum absolute atomic E-state index is 0.00240. The van der Waals surface area contributed by atoms with E-state index in [1.807, 2.05) is 0 Å². The van der Waals surface area contributed by atoms with Gasteiger partial charge >= 0.3 is 5.97 Å². The van der Waals surface area contributed by atoms with Crippen molar-refractivity contribution in [3.05, 3.63) is 33.3 Å². The predicted molar refractivity (Wildman–Crippen MR) is 74.1 cm³/mol. The topological polar surface area (TPSA) is 46.5 Å². The highest BCUT2D eigenvalue weighted by Crippen LogP contribution is 2.41. The summed E-state index contributed by atoms with van der Waals surface area (Å²) in [5, 5.41) is 9.30. The van der Waals surface area contributed by atoms with E-state index in [1.54, 1.807) is 0 Å². The van der Waals surface area contributed by atoms with Crippen molar-refractivity contribution in [2.45, 2.75) is 19.0 Å². The van der Waals surface area contributed by atoms with Crippen LogP contribution < -0.4 is 4.74 Å². The molecule has 21 heavy (non-hydrogen) atoms. The Labute approximate surface area is 128 Å². The molecule has 8 heteroatoms. The van der Waals surface area contributed by atoms with Crippen LogP contribution in [0, 0.1) is 0 Å². The number of alkyl halides is 3. The van der Waals surface area contributed by atoms with Gasteiger partial charge in [-0.25, -0.2) is 13.6 Å². The fraction of sp³-hybridized carbons (Fsp3) is 0.308. The SMILES string of the molecule is CC(F)(F)[C@H]1Oc2c(Cl)cc(Cl)cc2C=C1C(=O)O.CF. The number of carboxylic acids is 1. The second-order valence-corrected chi connectivity index (χ2v) is 5.01. The second-order valence-electron chi connectivity index (χ2n) is 4.16. The number of aliphatic carboxylic acids is 1. The van der Waals surface area contributed by atoms with Crippen LogP contribution in [0.15, 0.2) is 17.7 Å². The number of ether oxygens (including phenoxy) is 1. The maximum Gasteiger partial charge on any atom is 0.335 e. The third-order valence-corrected chi connectivity index (χ3v) is 3.07. The molecule has 0 unspecified atom stereocenters. The molecule has 1 atom stereocenters. The maximum absolute atomic E-state index is 13.4. The summed E-state index contributed by atoms with van der Waals surface area (Å²) in [5.74, 6) is -4.83. The quantitative estimate of drug-likeness (QED) is 0.862. The molecule has 3 nitrogen and oxygen atoms in total. The Balaban J connectivity index is 0.00000106. The maximum atomic E-state index is 13.4. The lowest BCUT2D eigenvalue weighted by atomic mass is 9.98. The van der Waals surface area contributed by atoms with Crippen molar-refractivity contribution in [2.24, 2.45) is 0 Å². The number of carboxylic acid groups (broad SMARTS) is 1. The molecule has 0 aromatic heterocycles. The molecule has 0 spiro atoms. The molecule has 0 saturated carbocycles. The van der Waals surface area contributed by atoms with E-state index in [-0.39, 0.29) is 21.4 Å². The highest BCUT2D eigenvalue weighted by Gasteiger charge is 2.44. The van der Waals surface area contributed by atoms with E-state index in [2.05, 4.69) is 0 Å². The van der Waals surface area contributed by atoms with Crippen molar-refractivity contribution in [3.8, 4) is 5.75 Å². The Morgan fingerprint density at radius 3 is 2.38 bits per heavy atom. The highest BCUT2D eigenvalue weighted by molar-refractivity contribution is 6.36. The zero-order chi connectivity index (χ0) is 16.4. The van der Waals surface area contributed by atoms with Crippen molar-refractivity contribution >= 4 is 35.2 Å². The van der Waals surface area contributed by atoms with Crippen LogP contribution in [0.2, 0.25) is 10.0 Å². The van der Waals surface area contributed by atoms with Gasteiger partial charge in [-0.05, 0) is 18.2 Å². The molecule has 0 fully saturated rings. The summed E-state index contributed by atoms with van der Waals surface area (Å²) in [5.41, 5.74) is -0.284. The highest BCUT2D eigenvalue weighted by atomic mass is 35.5. The number of hydrogen-bond acceptors (Lipinski definition) is 2. The van der Waals surface area contributed by atoms with Crippen LogP contribution in [-0.2, 0) is 4.79 Å². The zero-order valence-corrected chi connectivity index (χ0v) is 12.5. The number of rotatable bonds is 2. The van der Waals surface area contributed by atoms with E-state index >= 15 is 0 Å². The Kier molecular flexibility index (Phi) is 5.53. The summed E-state index contributed by atoms with van der Waals surface area (Å²) >= 11 is 11.6. The lowest BCUT2D eigenvalue weighted by Crippen LogP contribution is -2.41. The lowest BCUT2D eigenvalue weighted by Gasteiger charge is -2.29. The first-order valence-corrected chi connectivity index (χ1v) is 6.32. The van der Waals surface area contributed by atoms with Gasteiger partial charge in [-0.3, -0.25) is 4.39 Å². The molecule has 0 bridgehead atoms. The third-order valence-electron chi connectivity index (χ3n) is 2.57. The average Bonchev–Trinajstić information content (AvgIpc) is 2.38. The summed E-state index contributed by atoms with van der Waals surface area (Å²) in [6.45, 7) is 0.587. The summed E-state index contributed by atoms with van der Waals surface area (Å²) < 4.78 is 41.4. The molecule has 1 aromatic rings. The summed E-state index contributed by atoms with van der Waals surface area (Å²) in [4.78, 5) is 11.0. The van der Waals surface area contributed by atoms with Gasteiger partial charge in [0.1, 0.15) is 5.75 Å². The van der Waals surface area contributed by atoms with Gasteiger partial charge in [0.05, 0.1) is 17.8 Å². The van der Waals surface area contributed by atoms with Gasteiger partial charge in [0.2, 0.25) is 0 Å². The molecule has 0 radical (unpaired) electrons. The molecule has 2 rings (SSSR count). The van der Waals surface area contributed by atoms with Gasteiger partial charge in [-0.15, -0.1) is 0 Å². The third kappa shape index (κ3) is 3.83. The van der Waals surface area contributed by atoms with Crippen LogP contribution in [0.3, 0.4) is 0 Å². The molecule has 1 aliphatic heterocycles. The van der Waals surface area contributed by atoms with Gasteiger partial charge in [0.15, 0.2) is 6.10 Å². The number of hydrogen-bond donors (Lipinski definition) is 1. The van der Waals surface area contributed by atoms with Crippen LogP contribution in [0.4, 0.5) is 13.2 Å². The predicted octanol–water partition coefficient (Wildman–Crippen LogP) is 4.46. The van der Waals surface area contributed by atoms with Gasteiger partial charge in [0, 0.05) is 17.5 Å². The molecule has 116 valence electrons. The van der Waals surface area contributed by atoms with Gasteiger partial charge in [-0.1, -0.05) is 23.2 Å². The van der Waals surface area contributed by atoms with Crippen molar-refractivity contribution in [1.29, 1.82) is 0 Å².